The molecule has 6 nitrogen and oxygen atoms in total. The summed E-state index contributed by atoms with van der Waals surface area (Å²) in [5.41, 5.74) is 2.23. The highest BCUT2D eigenvalue weighted by molar-refractivity contribution is 6.32. The number of methoxy groups -OCH3 is 1. The number of rotatable bonds is 8. The van der Waals surface area contributed by atoms with Crippen molar-refractivity contribution in [3.8, 4) is 5.75 Å². The van der Waals surface area contributed by atoms with Crippen LogP contribution in [-0.4, -0.2) is 32.1 Å². The van der Waals surface area contributed by atoms with Gasteiger partial charge in [0, 0.05) is 17.5 Å². The lowest BCUT2D eigenvalue weighted by Crippen LogP contribution is -2.21. The number of hydrogen-bond donors (Lipinski definition) is 2. The van der Waals surface area contributed by atoms with Crippen LogP contribution < -0.4 is 15.4 Å². The summed E-state index contributed by atoms with van der Waals surface area (Å²) in [6.07, 6.45) is 3.04. The van der Waals surface area contributed by atoms with Crippen molar-refractivity contribution < 1.29 is 19.1 Å². The standard InChI is InChI=1S/C20H21ClN2O4/c1-3-27-20(25)11-6-14-4-7-15(8-5-14)22-13-19(24)23-16-9-10-18(26-2)17(21)12-16/h4-12,22H,3,13H2,1-2H3,(H,23,24)/b11-6+. The second-order valence-corrected chi connectivity index (χ2v) is 5.87. The molecular formula is C20H21ClN2O4. The highest BCUT2D eigenvalue weighted by atomic mass is 35.5. The molecule has 0 bridgehead atoms. The predicted molar refractivity (Wildman–Crippen MR) is 107 cm³/mol. The van der Waals surface area contributed by atoms with Gasteiger partial charge in [-0.3, -0.25) is 4.79 Å². The number of nitrogens with one attached hydrogen (secondary N) is 2. The van der Waals surface area contributed by atoms with Gasteiger partial charge in [-0.1, -0.05) is 23.7 Å². The summed E-state index contributed by atoms with van der Waals surface area (Å²) in [7, 11) is 1.53. The predicted octanol–water partition coefficient (Wildman–Crippen LogP) is 3.98. The van der Waals surface area contributed by atoms with Gasteiger partial charge in [0.2, 0.25) is 5.91 Å². The van der Waals surface area contributed by atoms with E-state index >= 15 is 0 Å². The van der Waals surface area contributed by atoms with Crippen LogP contribution >= 0.6 is 11.6 Å². The van der Waals surface area contributed by atoms with Crippen molar-refractivity contribution in [1.82, 2.24) is 0 Å². The fourth-order valence-corrected chi connectivity index (χ4v) is 2.46. The third kappa shape index (κ3) is 6.67. The van der Waals surface area contributed by atoms with Crippen LogP contribution in [0.4, 0.5) is 11.4 Å². The third-order valence-electron chi connectivity index (χ3n) is 3.50. The van der Waals surface area contributed by atoms with Crippen LogP contribution in [0.2, 0.25) is 5.02 Å². The second kappa shape index (κ2) is 10.2. The summed E-state index contributed by atoms with van der Waals surface area (Å²) in [4.78, 5) is 23.3. The van der Waals surface area contributed by atoms with E-state index in [0.717, 1.165) is 11.3 Å². The maximum Gasteiger partial charge on any atom is 0.330 e. The molecule has 2 N–H and O–H groups in total. The van der Waals surface area contributed by atoms with Crippen LogP contribution in [-0.2, 0) is 14.3 Å². The fourth-order valence-electron chi connectivity index (χ4n) is 2.20. The van der Waals surface area contributed by atoms with E-state index < -0.39 is 0 Å². The van der Waals surface area contributed by atoms with Crippen molar-refractivity contribution >= 4 is 40.9 Å². The third-order valence-corrected chi connectivity index (χ3v) is 3.79. The Bertz CT molecular complexity index is 819. The number of amides is 1. The lowest BCUT2D eigenvalue weighted by atomic mass is 10.2. The Morgan fingerprint density at radius 3 is 2.44 bits per heavy atom. The largest absolute Gasteiger partial charge is 0.495 e. The summed E-state index contributed by atoms with van der Waals surface area (Å²) in [5.74, 6) is -0.0394. The first kappa shape index (κ1) is 20.3. The first-order valence-electron chi connectivity index (χ1n) is 8.34. The van der Waals surface area contributed by atoms with Gasteiger partial charge in [-0.25, -0.2) is 4.79 Å². The number of halogens is 1. The van der Waals surface area contributed by atoms with Crippen molar-refractivity contribution in [3.05, 3.63) is 59.1 Å². The quantitative estimate of drug-likeness (QED) is 0.528. The minimum absolute atomic E-state index is 0.0989. The molecule has 0 atom stereocenters. The van der Waals surface area contributed by atoms with Gasteiger partial charge < -0.3 is 20.1 Å². The Morgan fingerprint density at radius 2 is 1.81 bits per heavy atom. The zero-order valence-corrected chi connectivity index (χ0v) is 15.9. The number of anilines is 2. The monoisotopic (exact) mass is 388 g/mol. The van der Waals surface area contributed by atoms with Crippen LogP contribution in [0.15, 0.2) is 48.5 Å². The average molecular weight is 389 g/mol. The van der Waals surface area contributed by atoms with Gasteiger partial charge in [-0.2, -0.15) is 0 Å². The van der Waals surface area contributed by atoms with E-state index in [-0.39, 0.29) is 18.4 Å². The smallest absolute Gasteiger partial charge is 0.330 e. The Balaban J connectivity index is 1.84. The molecule has 0 saturated carbocycles. The molecule has 2 aromatic rings. The van der Waals surface area contributed by atoms with Gasteiger partial charge in [-0.15, -0.1) is 0 Å². The molecular weight excluding hydrogens is 368 g/mol. The zero-order valence-electron chi connectivity index (χ0n) is 15.1. The maximum absolute atomic E-state index is 12.0. The summed E-state index contributed by atoms with van der Waals surface area (Å²) >= 11 is 6.04. The van der Waals surface area contributed by atoms with E-state index in [1.54, 1.807) is 31.2 Å². The Morgan fingerprint density at radius 1 is 1.11 bits per heavy atom. The molecule has 7 heteroatoms. The van der Waals surface area contributed by atoms with Crippen molar-refractivity contribution in [2.75, 3.05) is 30.9 Å². The van der Waals surface area contributed by atoms with Crippen molar-refractivity contribution in [2.24, 2.45) is 0 Å². The van der Waals surface area contributed by atoms with Gasteiger partial charge >= 0.3 is 5.97 Å². The topological polar surface area (TPSA) is 76.7 Å². The number of carbonyl (C=O) groups is 2. The van der Waals surface area contributed by atoms with Gasteiger partial charge in [0.1, 0.15) is 5.75 Å². The van der Waals surface area contributed by atoms with Gasteiger partial charge in [-0.05, 0) is 48.9 Å². The minimum Gasteiger partial charge on any atom is -0.495 e. The van der Waals surface area contributed by atoms with Crippen molar-refractivity contribution in [1.29, 1.82) is 0 Å². The lowest BCUT2D eigenvalue weighted by molar-refractivity contribution is -0.137. The van der Waals surface area contributed by atoms with Crippen molar-refractivity contribution in [2.45, 2.75) is 6.92 Å². The molecule has 27 heavy (non-hydrogen) atoms. The number of benzene rings is 2. The van der Waals surface area contributed by atoms with Crippen LogP contribution in [0.1, 0.15) is 12.5 Å². The molecule has 0 saturated heterocycles. The number of esters is 1. The molecule has 0 unspecified atom stereocenters. The van der Waals surface area contributed by atoms with Crippen molar-refractivity contribution in [3.63, 3.8) is 0 Å². The highest BCUT2D eigenvalue weighted by Gasteiger charge is 2.06. The molecule has 0 heterocycles. The second-order valence-electron chi connectivity index (χ2n) is 5.46. The van der Waals surface area contributed by atoms with Crippen LogP contribution in [0.25, 0.3) is 6.08 Å². The molecule has 0 aliphatic carbocycles. The molecule has 1 amide bonds. The molecule has 0 radical (unpaired) electrons. The number of ether oxygens (including phenoxy) is 2. The maximum atomic E-state index is 12.0. The molecule has 0 aliphatic heterocycles. The zero-order chi connectivity index (χ0) is 19.6. The average Bonchev–Trinajstić information content (AvgIpc) is 2.66. The van der Waals surface area contributed by atoms with Gasteiger partial charge in [0.05, 0.1) is 25.3 Å². The van der Waals surface area contributed by atoms with E-state index in [1.165, 1.54) is 13.2 Å². The molecule has 2 rings (SSSR count). The van der Waals surface area contributed by atoms with E-state index in [0.29, 0.717) is 23.1 Å². The lowest BCUT2D eigenvalue weighted by Gasteiger charge is -2.09. The number of carbonyl (C=O) groups excluding carboxylic acids is 2. The molecule has 0 aliphatic rings. The Kier molecular flexibility index (Phi) is 7.70. The Hall–Kier alpha value is -2.99. The summed E-state index contributed by atoms with van der Waals surface area (Å²) in [6.45, 7) is 2.20. The molecule has 2 aromatic carbocycles. The summed E-state index contributed by atoms with van der Waals surface area (Å²) < 4.78 is 9.90. The highest BCUT2D eigenvalue weighted by Crippen LogP contribution is 2.27. The first-order chi connectivity index (χ1) is 13.0. The van der Waals surface area contributed by atoms with E-state index in [1.807, 2.05) is 24.3 Å². The molecule has 0 spiro atoms. The molecule has 142 valence electrons. The van der Waals surface area contributed by atoms with Crippen LogP contribution in [0, 0.1) is 0 Å². The normalized spacial score (nSPS) is 10.5. The number of hydrogen-bond acceptors (Lipinski definition) is 5. The van der Waals surface area contributed by atoms with Gasteiger partial charge in [0.15, 0.2) is 0 Å². The summed E-state index contributed by atoms with van der Waals surface area (Å²) in [6, 6.07) is 12.3. The van der Waals surface area contributed by atoms with E-state index in [2.05, 4.69) is 10.6 Å². The SMILES string of the molecule is CCOC(=O)/C=C/c1ccc(NCC(=O)Nc2ccc(OC)c(Cl)c2)cc1. The Labute approximate surface area is 163 Å². The van der Waals surface area contributed by atoms with Gasteiger partial charge in [0.25, 0.3) is 0 Å². The van der Waals surface area contributed by atoms with E-state index in [4.69, 9.17) is 21.1 Å². The van der Waals surface area contributed by atoms with E-state index in [9.17, 15) is 9.59 Å². The minimum atomic E-state index is -0.380. The van der Waals surface area contributed by atoms with Crippen LogP contribution in [0.5, 0.6) is 5.75 Å². The first-order valence-corrected chi connectivity index (χ1v) is 8.71. The molecule has 0 aromatic heterocycles. The van der Waals surface area contributed by atoms with Crippen LogP contribution in [0.3, 0.4) is 0 Å². The summed E-state index contributed by atoms with van der Waals surface area (Å²) in [5, 5.41) is 6.21. The molecule has 0 fully saturated rings. The fraction of sp³-hybridized carbons (Fsp3) is 0.200.